The monoisotopic (exact) mass is 299 g/mol. The average molecular weight is 299 g/mol. The number of carbonyl (C=O) groups is 1. The lowest BCUT2D eigenvalue weighted by Gasteiger charge is -2.11. The molecular weight excluding hydrogens is 278 g/mol. The Kier molecular flexibility index (Phi) is 6.12. The molecule has 7 heteroatoms. The molecule has 0 saturated carbocycles. The summed E-state index contributed by atoms with van der Waals surface area (Å²) in [5.74, 6) is -0.214. The molecule has 0 atom stereocenters. The van der Waals surface area contributed by atoms with E-state index < -0.39 is 10.0 Å². The first-order chi connectivity index (χ1) is 9.34. The zero-order valence-electron chi connectivity index (χ0n) is 11.8. The van der Waals surface area contributed by atoms with Gasteiger partial charge in [0.15, 0.2) is 0 Å². The second-order valence-corrected chi connectivity index (χ2v) is 6.52. The van der Waals surface area contributed by atoms with Crippen molar-refractivity contribution in [1.82, 2.24) is 9.62 Å². The maximum absolute atomic E-state index is 11.8. The van der Waals surface area contributed by atoms with Crippen LogP contribution in [0.2, 0.25) is 0 Å². The minimum Gasteiger partial charge on any atom is -0.349 e. The van der Waals surface area contributed by atoms with Gasteiger partial charge in [-0.3, -0.25) is 4.79 Å². The SMILES string of the molecule is CN(C)C(=O)CCNS(=O)(=O)Cc1ccc(CN)cc1. The summed E-state index contributed by atoms with van der Waals surface area (Å²) in [7, 11) is -0.158. The van der Waals surface area contributed by atoms with Gasteiger partial charge in [-0.1, -0.05) is 24.3 Å². The lowest BCUT2D eigenvalue weighted by atomic mass is 10.1. The molecule has 1 rings (SSSR count). The third-order valence-corrected chi connectivity index (χ3v) is 4.13. The van der Waals surface area contributed by atoms with Gasteiger partial charge >= 0.3 is 0 Å². The Balaban J connectivity index is 2.50. The van der Waals surface area contributed by atoms with Gasteiger partial charge in [-0.2, -0.15) is 0 Å². The quantitative estimate of drug-likeness (QED) is 0.743. The predicted octanol–water partition coefficient (Wildman–Crippen LogP) is 0.0430. The van der Waals surface area contributed by atoms with Crippen LogP contribution in [0.15, 0.2) is 24.3 Å². The van der Waals surface area contributed by atoms with E-state index in [0.717, 1.165) is 5.56 Å². The zero-order chi connectivity index (χ0) is 15.2. The molecule has 0 fully saturated rings. The molecule has 20 heavy (non-hydrogen) atoms. The average Bonchev–Trinajstić information content (AvgIpc) is 2.38. The zero-order valence-corrected chi connectivity index (χ0v) is 12.6. The summed E-state index contributed by atoms with van der Waals surface area (Å²) in [6, 6.07) is 7.10. The molecule has 0 aliphatic rings. The third kappa shape index (κ3) is 5.68. The molecule has 1 amide bonds. The molecule has 0 aromatic heterocycles. The van der Waals surface area contributed by atoms with Crippen LogP contribution in [0.5, 0.6) is 0 Å². The minimum atomic E-state index is -3.43. The molecular formula is C13H21N3O3S. The third-order valence-electron chi connectivity index (χ3n) is 2.78. The van der Waals surface area contributed by atoms with Crippen molar-refractivity contribution in [3.8, 4) is 0 Å². The number of nitrogens with one attached hydrogen (secondary N) is 1. The molecule has 0 saturated heterocycles. The Morgan fingerprint density at radius 2 is 1.75 bits per heavy atom. The molecule has 1 aromatic rings. The number of rotatable bonds is 7. The van der Waals surface area contributed by atoms with Crippen LogP contribution in [0.3, 0.4) is 0 Å². The van der Waals surface area contributed by atoms with Crippen molar-refractivity contribution >= 4 is 15.9 Å². The molecule has 0 radical (unpaired) electrons. The lowest BCUT2D eigenvalue weighted by molar-refractivity contribution is -0.128. The molecule has 0 spiro atoms. The van der Waals surface area contributed by atoms with E-state index in [1.807, 2.05) is 0 Å². The van der Waals surface area contributed by atoms with Crippen molar-refractivity contribution in [2.24, 2.45) is 5.73 Å². The van der Waals surface area contributed by atoms with Crippen LogP contribution in [0, 0.1) is 0 Å². The molecule has 6 nitrogen and oxygen atoms in total. The van der Waals surface area contributed by atoms with Crippen LogP contribution in [-0.2, 0) is 27.1 Å². The number of amides is 1. The van der Waals surface area contributed by atoms with Crippen molar-refractivity contribution in [3.05, 3.63) is 35.4 Å². The van der Waals surface area contributed by atoms with E-state index in [2.05, 4.69) is 4.72 Å². The highest BCUT2D eigenvalue weighted by atomic mass is 32.2. The van der Waals surface area contributed by atoms with Gasteiger partial charge in [-0.15, -0.1) is 0 Å². The molecule has 0 unspecified atom stereocenters. The summed E-state index contributed by atoms with van der Waals surface area (Å²) in [6.07, 6.45) is 0.151. The summed E-state index contributed by atoms with van der Waals surface area (Å²) in [5.41, 5.74) is 7.12. The van der Waals surface area contributed by atoms with Crippen molar-refractivity contribution in [3.63, 3.8) is 0 Å². The largest absolute Gasteiger partial charge is 0.349 e. The summed E-state index contributed by atoms with van der Waals surface area (Å²) in [5, 5.41) is 0. The van der Waals surface area contributed by atoms with Gasteiger partial charge in [0.1, 0.15) is 0 Å². The second kappa shape index (κ2) is 7.37. The fourth-order valence-corrected chi connectivity index (χ4v) is 2.73. The van der Waals surface area contributed by atoms with E-state index >= 15 is 0 Å². The number of nitrogens with zero attached hydrogens (tertiary/aromatic N) is 1. The standard InChI is InChI=1S/C13H21N3O3S/c1-16(2)13(17)7-8-15-20(18,19)10-12-5-3-11(9-14)4-6-12/h3-6,15H,7-10,14H2,1-2H3. The van der Waals surface area contributed by atoms with Crippen molar-refractivity contribution < 1.29 is 13.2 Å². The van der Waals surface area contributed by atoms with Gasteiger partial charge in [0, 0.05) is 33.6 Å². The number of benzene rings is 1. The first kappa shape index (κ1) is 16.6. The maximum atomic E-state index is 11.8. The van der Waals surface area contributed by atoms with Gasteiger partial charge < -0.3 is 10.6 Å². The predicted molar refractivity (Wildman–Crippen MR) is 78.3 cm³/mol. The first-order valence-electron chi connectivity index (χ1n) is 6.29. The molecule has 1 aromatic carbocycles. The number of carbonyl (C=O) groups excluding carboxylic acids is 1. The Morgan fingerprint density at radius 3 is 2.25 bits per heavy atom. The summed E-state index contributed by atoms with van der Waals surface area (Å²) in [4.78, 5) is 12.8. The van der Waals surface area contributed by atoms with Crippen LogP contribution in [0.4, 0.5) is 0 Å². The van der Waals surface area contributed by atoms with Crippen LogP contribution in [-0.4, -0.2) is 39.9 Å². The highest BCUT2D eigenvalue weighted by molar-refractivity contribution is 7.88. The van der Waals surface area contributed by atoms with Crippen molar-refractivity contribution in [2.75, 3.05) is 20.6 Å². The number of nitrogens with two attached hydrogens (primary N) is 1. The minimum absolute atomic E-state index is 0.103. The first-order valence-corrected chi connectivity index (χ1v) is 7.94. The van der Waals surface area contributed by atoms with Crippen LogP contribution in [0.25, 0.3) is 0 Å². The summed E-state index contributed by atoms with van der Waals surface area (Å²) < 4.78 is 26.1. The van der Waals surface area contributed by atoms with E-state index in [1.165, 1.54) is 4.90 Å². The smallest absolute Gasteiger partial charge is 0.223 e. The van der Waals surface area contributed by atoms with Crippen molar-refractivity contribution in [1.29, 1.82) is 0 Å². The van der Waals surface area contributed by atoms with E-state index in [-0.39, 0.29) is 24.6 Å². The van der Waals surface area contributed by atoms with Gasteiger partial charge in [0.2, 0.25) is 15.9 Å². The molecule has 0 bridgehead atoms. The Morgan fingerprint density at radius 1 is 1.20 bits per heavy atom. The normalized spacial score (nSPS) is 11.3. The van der Waals surface area contributed by atoms with E-state index in [1.54, 1.807) is 38.4 Å². The van der Waals surface area contributed by atoms with Crippen LogP contribution >= 0.6 is 0 Å². The van der Waals surface area contributed by atoms with Gasteiger partial charge in [0.05, 0.1) is 5.75 Å². The topological polar surface area (TPSA) is 92.5 Å². The van der Waals surface area contributed by atoms with Crippen LogP contribution in [0.1, 0.15) is 17.5 Å². The van der Waals surface area contributed by atoms with E-state index in [4.69, 9.17) is 5.73 Å². The van der Waals surface area contributed by atoms with Crippen molar-refractivity contribution in [2.45, 2.75) is 18.7 Å². The fourth-order valence-electron chi connectivity index (χ4n) is 1.58. The summed E-state index contributed by atoms with van der Waals surface area (Å²) in [6.45, 7) is 0.540. The number of hydrogen-bond acceptors (Lipinski definition) is 4. The molecule has 0 aliphatic carbocycles. The van der Waals surface area contributed by atoms with Crippen LogP contribution < -0.4 is 10.5 Å². The summed E-state index contributed by atoms with van der Waals surface area (Å²) >= 11 is 0. The number of sulfonamides is 1. The fraction of sp³-hybridized carbons (Fsp3) is 0.462. The van der Waals surface area contributed by atoms with Gasteiger partial charge in [-0.25, -0.2) is 13.1 Å². The molecule has 112 valence electrons. The van der Waals surface area contributed by atoms with Gasteiger partial charge in [0.25, 0.3) is 0 Å². The van der Waals surface area contributed by atoms with E-state index in [0.29, 0.717) is 12.1 Å². The van der Waals surface area contributed by atoms with Gasteiger partial charge in [-0.05, 0) is 11.1 Å². The van der Waals surface area contributed by atoms with E-state index in [9.17, 15) is 13.2 Å². The maximum Gasteiger partial charge on any atom is 0.223 e. The Labute approximate surface area is 120 Å². The molecule has 0 heterocycles. The molecule has 3 N–H and O–H groups in total. The Bertz CT molecular complexity index is 538. The number of hydrogen-bond donors (Lipinski definition) is 2. The Hall–Kier alpha value is -1.44. The lowest BCUT2D eigenvalue weighted by Crippen LogP contribution is -2.31. The highest BCUT2D eigenvalue weighted by Gasteiger charge is 2.12. The molecule has 0 aliphatic heterocycles. The second-order valence-electron chi connectivity index (χ2n) is 4.71. The highest BCUT2D eigenvalue weighted by Crippen LogP contribution is 2.07.